The van der Waals surface area contributed by atoms with E-state index in [0.717, 1.165) is 22.5 Å². The largest absolute Gasteiger partial charge is 0.435 e. The predicted octanol–water partition coefficient (Wildman–Crippen LogP) is 4.26. The second-order valence-corrected chi connectivity index (χ2v) is 7.08. The van der Waals surface area contributed by atoms with Crippen molar-refractivity contribution in [3.8, 4) is 5.75 Å². The minimum atomic E-state index is -5.17. The Morgan fingerprint density at radius 3 is 1.79 bits per heavy atom. The van der Waals surface area contributed by atoms with Gasteiger partial charge in [-0.2, -0.15) is 8.42 Å². The quantitative estimate of drug-likeness (QED) is 0.291. The number of hydrogen-bond acceptors (Lipinski definition) is 5. The van der Waals surface area contributed by atoms with E-state index in [0.29, 0.717) is 5.75 Å². The van der Waals surface area contributed by atoms with Crippen LogP contribution in [-0.2, 0) is 15.3 Å². The molecule has 29 heavy (non-hydrogen) atoms. The fraction of sp³-hybridized carbons (Fsp3) is 0.0952. The van der Waals surface area contributed by atoms with Crippen molar-refractivity contribution in [3.63, 3.8) is 0 Å². The van der Waals surface area contributed by atoms with E-state index >= 15 is 0 Å². The molecular formula is C21H18FNO5S. The Kier molecular flexibility index (Phi) is 5.95. The number of fused-ring (bicyclic) bond motifs is 2. The molecule has 6 nitrogen and oxygen atoms in total. The molecule has 0 aliphatic carbocycles. The number of benzene rings is 3. The van der Waals surface area contributed by atoms with E-state index in [4.69, 9.17) is 17.7 Å². The van der Waals surface area contributed by atoms with E-state index in [2.05, 4.69) is 4.90 Å². The number of nitrogens with zero attached hydrogens (tertiary/aromatic N) is 1. The van der Waals surface area contributed by atoms with Crippen LogP contribution < -0.4 is 9.64 Å². The van der Waals surface area contributed by atoms with Gasteiger partial charge in [-0.25, -0.2) is 0 Å². The first kappa shape index (κ1) is 20.5. The van der Waals surface area contributed by atoms with E-state index in [1.807, 2.05) is 73.8 Å². The average Bonchev–Trinajstić information content (AvgIpc) is 2.68. The molecule has 0 bridgehead atoms. The molecule has 0 amide bonds. The summed E-state index contributed by atoms with van der Waals surface area (Å²) in [5.41, 5.74) is 4.01. The zero-order valence-electron chi connectivity index (χ0n) is 15.4. The average molecular weight is 415 g/mol. The standard InChI is InChI=1S/C21H17NO2.FHO3S/c1-22-18-13-7-5-11-16(18)20(17-12-6-8-14-19(17)22)21(23)24-15-9-3-2-4-10-15;1-5(2,3)4/h2-14,20H,1H3;(H,2,3,4). The molecule has 0 saturated heterocycles. The first-order chi connectivity index (χ1) is 13.8. The third kappa shape index (κ3) is 4.98. The molecule has 150 valence electrons. The van der Waals surface area contributed by atoms with Crippen molar-refractivity contribution in [2.45, 2.75) is 5.92 Å². The van der Waals surface area contributed by atoms with Crippen molar-refractivity contribution in [1.29, 1.82) is 0 Å². The maximum absolute atomic E-state index is 13.0. The highest BCUT2D eigenvalue weighted by molar-refractivity contribution is 7.80. The van der Waals surface area contributed by atoms with Crippen molar-refractivity contribution in [3.05, 3.63) is 90.0 Å². The molecule has 0 atom stereocenters. The highest BCUT2D eigenvalue weighted by Gasteiger charge is 2.34. The van der Waals surface area contributed by atoms with Gasteiger partial charge >= 0.3 is 16.5 Å². The third-order valence-corrected chi connectivity index (χ3v) is 4.42. The molecule has 8 heteroatoms. The normalized spacial score (nSPS) is 12.9. The molecular weight excluding hydrogens is 397 g/mol. The van der Waals surface area contributed by atoms with Gasteiger partial charge in [0.05, 0.1) is 0 Å². The second kappa shape index (κ2) is 8.42. The van der Waals surface area contributed by atoms with Crippen molar-refractivity contribution in [2.75, 3.05) is 11.9 Å². The van der Waals surface area contributed by atoms with Crippen LogP contribution >= 0.6 is 0 Å². The Morgan fingerprint density at radius 2 is 1.31 bits per heavy atom. The van der Waals surface area contributed by atoms with Crippen molar-refractivity contribution < 1.29 is 26.4 Å². The number of esters is 1. The Morgan fingerprint density at radius 1 is 0.897 bits per heavy atom. The molecule has 0 unspecified atom stereocenters. The van der Waals surface area contributed by atoms with Gasteiger partial charge in [0.2, 0.25) is 0 Å². The van der Waals surface area contributed by atoms with Crippen LogP contribution in [0.1, 0.15) is 17.0 Å². The van der Waals surface area contributed by atoms with E-state index < -0.39 is 16.4 Å². The zero-order valence-corrected chi connectivity index (χ0v) is 16.2. The molecule has 0 spiro atoms. The highest BCUT2D eigenvalue weighted by atomic mass is 32.3. The van der Waals surface area contributed by atoms with Crippen LogP contribution in [0.3, 0.4) is 0 Å². The summed E-state index contributed by atoms with van der Waals surface area (Å²) >= 11 is 0. The Labute approximate surface area is 168 Å². The Hall–Kier alpha value is -3.23. The maximum Gasteiger partial charge on any atom is 0.435 e. The first-order valence-corrected chi connectivity index (χ1v) is 9.95. The van der Waals surface area contributed by atoms with Gasteiger partial charge in [-0.3, -0.25) is 9.35 Å². The number of anilines is 2. The molecule has 0 radical (unpaired) electrons. The van der Waals surface area contributed by atoms with Gasteiger partial charge in [-0.15, -0.1) is 0 Å². The molecule has 0 saturated carbocycles. The molecule has 3 aromatic carbocycles. The van der Waals surface area contributed by atoms with Crippen LogP contribution in [0.25, 0.3) is 0 Å². The smallest absolute Gasteiger partial charge is 0.426 e. The van der Waals surface area contributed by atoms with Crippen molar-refractivity contribution in [1.82, 2.24) is 0 Å². The van der Waals surface area contributed by atoms with E-state index in [9.17, 15) is 8.68 Å². The number of para-hydroxylation sites is 3. The summed E-state index contributed by atoms with van der Waals surface area (Å²) in [6, 6.07) is 25.2. The summed E-state index contributed by atoms with van der Waals surface area (Å²) in [7, 11) is -3.14. The van der Waals surface area contributed by atoms with Gasteiger partial charge in [-0.1, -0.05) is 58.5 Å². The topological polar surface area (TPSA) is 83.9 Å². The Bertz CT molecular complexity index is 1060. The van der Waals surface area contributed by atoms with E-state index in [-0.39, 0.29) is 5.97 Å². The number of ether oxygens (including phenoxy) is 1. The van der Waals surface area contributed by atoms with Crippen molar-refractivity contribution >= 4 is 27.8 Å². The fourth-order valence-electron chi connectivity index (χ4n) is 3.29. The monoisotopic (exact) mass is 415 g/mol. The lowest BCUT2D eigenvalue weighted by Crippen LogP contribution is -2.28. The van der Waals surface area contributed by atoms with Crippen LogP contribution in [0.15, 0.2) is 78.9 Å². The van der Waals surface area contributed by atoms with Gasteiger partial charge in [0.1, 0.15) is 11.7 Å². The van der Waals surface area contributed by atoms with Crippen LogP contribution in [0, 0.1) is 0 Å². The fourth-order valence-corrected chi connectivity index (χ4v) is 3.29. The number of hydrogen-bond donors (Lipinski definition) is 1. The lowest BCUT2D eigenvalue weighted by Gasteiger charge is -2.34. The van der Waals surface area contributed by atoms with Gasteiger partial charge < -0.3 is 9.64 Å². The van der Waals surface area contributed by atoms with E-state index in [1.165, 1.54) is 0 Å². The molecule has 1 aliphatic heterocycles. The van der Waals surface area contributed by atoms with Crippen LogP contribution in [0.2, 0.25) is 0 Å². The second-order valence-electron chi connectivity index (χ2n) is 6.26. The zero-order chi connectivity index (χ0) is 21.0. The van der Waals surface area contributed by atoms with Gasteiger partial charge in [0, 0.05) is 18.4 Å². The number of carbonyl (C=O) groups excluding carboxylic acids is 1. The number of halogens is 1. The summed E-state index contributed by atoms with van der Waals surface area (Å²) in [6.07, 6.45) is 0. The molecule has 3 aromatic rings. The number of carbonyl (C=O) groups is 1. The van der Waals surface area contributed by atoms with Gasteiger partial charge in [0.25, 0.3) is 0 Å². The molecule has 0 fully saturated rings. The summed E-state index contributed by atoms with van der Waals surface area (Å²) in [5, 5.41) is 0. The predicted molar refractivity (Wildman–Crippen MR) is 108 cm³/mol. The summed E-state index contributed by atoms with van der Waals surface area (Å²) in [6.45, 7) is 0. The van der Waals surface area contributed by atoms with Crippen LogP contribution in [0.4, 0.5) is 15.3 Å². The summed E-state index contributed by atoms with van der Waals surface area (Å²) in [5.74, 6) is -0.112. The Balaban J connectivity index is 0.000000431. The molecule has 1 aliphatic rings. The molecule has 1 heterocycles. The van der Waals surface area contributed by atoms with E-state index in [1.54, 1.807) is 12.1 Å². The summed E-state index contributed by atoms with van der Waals surface area (Å²) < 4.78 is 39.7. The summed E-state index contributed by atoms with van der Waals surface area (Å²) in [4.78, 5) is 15.1. The van der Waals surface area contributed by atoms with Crippen LogP contribution in [0.5, 0.6) is 5.75 Å². The highest BCUT2D eigenvalue weighted by Crippen LogP contribution is 2.44. The lowest BCUT2D eigenvalue weighted by molar-refractivity contribution is -0.135. The third-order valence-electron chi connectivity index (χ3n) is 4.42. The first-order valence-electron chi connectivity index (χ1n) is 8.61. The lowest BCUT2D eigenvalue weighted by atomic mass is 9.85. The van der Waals surface area contributed by atoms with Gasteiger partial charge in [0.15, 0.2) is 0 Å². The maximum atomic E-state index is 13.0. The van der Waals surface area contributed by atoms with Crippen molar-refractivity contribution in [2.24, 2.45) is 0 Å². The minimum absolute atomic E-state index is 0.255. The molecule has 1 N–H and O–H groups in total. The van der Waals surface area contributed by atoms with Gasteiger partial charge in [-0.05, 0) is 35.4 Å². The number of rotatable bonds is 2. The minimum Gasteiger partial charge on any atom is -0.426 e. The molecule has 0 aromatic heterocycles. The SMILES string of the molecule is CN1c2ccccc2C(C(=O)Oc2ccccc2)c2ccccc21.O=S(=O)(O)F. The molecule has 4 rings (SSSR count). The van der Waals surface area contributed by atoms with Crippen LogP contribution in [-0.4, -0.2) is 26.0 Å².